The molecule has 0 fully saturated rings. The molecule has 1 aromatic carbocycles. The first-order valence-electron chi connectivity index (χ1n) is 11.1. The maximum atomic E-state index is 5.97. The third-order valence-electron chi connectivity index (χ3n) is 4.58. The van der Waals surface area contributed by atoms with Gasteiger partial charge in [0.1, 0.15) is 5.75 Å². The van der Waals surface area contributed by atoms with Crippen LogP contribution in [0.2, 0.25) is 0 Å². The standard InChI is InChI=1S/C23H37N5O3.HI/c1-6-24-23(25-12-7-9-21-27-22(17(2)3)28-31-21)26-16-19-11-10-18(4)15-20(19)30-14-8-13-29-5;/h10-11,15,17H,6-9,12-14,16H2,1-5H3,(H2,24,25,26);1H. The molecule has 180 valence electrons. The highest BCUT2D eigenvalue weighted by molar-refractivity contribution is 14.0. The summed E-state index contributed by atoms with van der Waals surface area (Å²) in [6.07, 6.45) is 2.47. The fourth-order valence-electron chi connectivity index (χ4n) is 2.87. The lowest BCUT2D eigenvalue weighted by atomic mass is 10.1. The predicted molar refractivity (Wildman–Crippen MR) is 138 cm³/mol. The van der Waals surface area contributed by atoms with Crippen LogP contribution in [0.25, 0.3) is 0 Å². The van der Waals surface area contributed by atoms with E-state index >= 15 is 0 Å². The zero-order valence-electron chi connectivity index (χ0n) is 19.9. The van der Waals surface area contributed by atoms with Crippen molar-refractivity contribution in [2.75, 3.05) is 33.4 Å². The first-order chi connectivity index (χ1) is 15.0. The van der Waals surface area contributed by atoms with Gasteiger partial charge in [-0.25, -0.2) is 4.99 Å². The Morgan fingerprint density at radius 3 is 2.69 bits per heavy atom. The summed E-state index contributed by atoms with van der Waals surface area (Å²) < 4.78 is 16.4. The Bertz CT molecular complexity index is 811. The largest absolute Gasteiger partial charge is 0.493 e. The number of guanidine groups is 1. The van der Waals surface area contributed by atoms with Crippen LogP contribution in [0.3, 0.4) is 0 Å². The van der Waals surface area contributed by atoms with E-state index in [1.807, 2.05) is 0 Å². The predicted octanol–water partition coefficient (Wildman–Crippen LogP) is 4.22. The van der Waals surface area contributed by atoms with Crippen molar-refractivity contribution in [2.24, 2.45) is 4.99 Å². The third-order valence-corrected chi connectivity index (χ3v) is 4.58. The number of rotatable bonds is 13. The van der Waals surface area contributed by atoms with Gasteiger partial charge in [-0.15, -0.1) is 24.0 Å². The summed E-state index contributed by atoms with van der Waals surface area (Å²) in [4.78, 5) is 9.15. The highest BCUT2D eigenvalue weighted by Crippen LogP contribution is 2.21. The Labute approximate surface area is 209 Å². The van der Waals surface area contributed by atoms with Gasteiger partial charge in [0.25, 0.3) is 0 Å². The molecule has 32 heavy (non-hydrogen) atoms. The van der Waals surface area contributed by atoms with Gasteiger partial charge < -0.3 is 24.6 Å². The molecule has 1 aromatic heterocycles. The zero-order chi connectivity index (χ0) is 22.5. The Balaban J connectivity index is 0.00000512. The van der Waals surface area contributed by atoms with Crippen molar-refractivity contribution in [1.29, 1.82) is 0 Å². The lowest BCUT2D eigenvalue weighted by molar-refractivity contribution is 0.172. The van der Waals surface area contributed by atoms with Crippen LogP contribution in [0.15, 0.2) is 27.7 Å². The number of hydrogen-bond acceptors (Lipinski definition) is 6. The molecule has 0 unspecified atom stereocenters. The molecule has 0 atom stereocenters. The molecule has 0 radical (unpaired) electrons. The molecule has 0 amide bonds. The lowest BCUT2D eigenvalue weighted by Gasteiger charge is -2.13. The number of aliphatic imine (C=N–C) groups is 1. The van der Waals surface area contributed by atoms with Crippen LogP contribution in [0, 0.1) is 6.92 Å². The van der Waals surface area contributed by atoms with Gasteiger partial charge >= 0.3 is 0 Å². The summed E-state index contributed by atoms with van der Waals surface area (Å²) in [6, 6.07) is 6.23. The highest BCUT2D eigenvalue weighted by Gasteiger charge is 2.09. The maximum Gasteiger partial charge on any atom is 0.226 e. The van der Waals surface area contributed by atoms with Crippen molar-refractivity contribution in [1.82, 2.24) is 20.8 Å². The van der Waals surface area contributed by atoms with Crippen molar-refractivity contribution < 1.29 is 14.0 Å². The molecular weight excluding hydrogens is 521 g/mol. The fraction of sp³-hybridized carbons (Fsp3) is 0.609. The third kappa shape index (κ3) is 10.2. The molecule has 9 heteroatoms. The monoisotopic (exact) mass is 559 g/mol. The number of benzene rings is 1. The average molecular weight is 559 g/mol. The van der Waals surface area contributed by atoms with Gasteiger partial charge in [0.15, 0.2) is 11.8 Å². The van der Waals surface area contributed by atoms with Crippen LogP contribution >= 0.6 is 24.0 Å². The van der Waals surface area contributed by atoms with Crippen LogP contribution in [-0.4, -0.2) is 49.5 Å². The molecule has 0 saturated carbocycles. The minimum atomic E-state index is 0. The van der Waals surface area contributed by atoms with E-state index in [4.69, 9.17) is 19.0 Å². The quantitative estimate of drug-likeness (QED) is 0.164. The first kappa shape index (κ1) is 28.2. The SMILES string of the molecule is CCNC(=NCc1ccc(C)cc1OCCCOC)NCCCc1nc(C(C)C)no1.I. The molecule has 0 spiro atoms. The molecule has 0 bridgehead atoms. The van der Waals surface area contributed by atoms with Gasteiger partial charge in [-0.05, 0) is 31.9 Å². The van der Waals surface area contributed by atoms with Crippen molar-refractivity contribution in [3.63, 3.8) is 0 Å². The molecule has 0 saturated heterocycles. The number of nitrogens with one attached hydrogen (secondary N) is 2. The Morgan fingerprint density at radius 1 is 1.19 bits per heavy atom. The van der Waals surface area contributed by atoms with Crippen molar-refractivity contribution in [3.05, 3.63) is 41.0 Å². The normalized spacial score (nSPS) is 11.4. The second-order valence-electron chi connectivity index (χ2n) is 7.73. The summed E-state index contributed by atoms with van der Waals surface area (Å²) in [6.45, 7) is 11.6. The number of aromatic nitrogens is 2. The van der Waals surface area contributed by atoms with Crippen molar-refractivity contribution in [3.8, 4) is 5.75 Å². The zero-order valence-corrected chi connectivity index (χ0v) is 22.3. The van der Waals surface area contributed by atoms with Crippen LogP contribution in [0.1, 0.15) is 62.4 Å². The minimum Gasteiger partial charge on any atom is -0.493 e. The van der Waals surface area contributed by atoms with Crippen LogP contribution in [-0.2, 0) is 17.7 Å². The van der Waals surface area contributed by atoms with E-state index in [1.165, 1.54) is 5.56 Å². The van der Waals surface area contributed by atoms with E-state index in [0.717, 1.165) is 55.4 Å². The molecule has 1 heterocycles. The van der Waals surface area contributed by atoms with Crippen LogP contribution in [0.5, 0.6) is 5.75 Å². The number of aryl methyl sites for hydroxylation is 2. The minimum absolute atomic E-state index is 0. The molecule has 0 aliphatic heterocycles. The molecule has 0 aliphatic carbocycles. The Morgan fingerprint density at radius 2 is 2.00 bits per heavy atom. The molecule has 2 aromatic rings. The summed E-state index contributed by atoms with van der Waals surface area (Å²) >= 11 is 0. The fourth-order valence-corrected chi connectivity index (χ4v) is 2.87. The highest BCUT2D eigenvalue weighted by atomic mass is 127. The Kier molecular flexibility index (Phi) is 13.9. The van der Waals surface area contributed by atoms with E-state index in [0.29, 0.717) is 25.6 Å². The summed E-state index contributed by atoms with van der Waals surface area (Å²) in [5.41, 5.74) is 2.23. The maximum absolute atomic E-state index is 5.97. The smallest absolute Gasteiger partial charge is 0.226 e. The van der Waals surface area contributed by atoms with E-state index in [2.05, 4.69) is 66.7 Å². The number of nitrogens with zero attached hydrogens (tertiary/aromatic N) is 3. The van der Waals surface area contributed by atoms with E-state index in [1.54, 1.807) is 7.11 Å². The molecule has 0 aliphatic rings. The summed E-state index contributed by atoms with van der Waals surface area (Å²) in [5, 5.41) is 10.7. The topological polar surface area (TPSA) is 93.8 Å². The molecule has 8 nitrogen and oxygen atoms in total. The molecular formula is C23H38IN5O3. The van der Waals surface area contributed by atoms with E-state index < -0.39 is 0 Å². The van der Waals surface area contributed by atoms with Gasteiger partial charge in [-0.3, -0.25) is 0 Å². The van der Waals surface area contributed by atoms with Gasteiger partial charge in [0.2, 0.25) is 5.89 Å². The number of methoxy groups -OCH3 is 1. The van der Waals surface area contributed by atoms with Gasteiger partial charge in [0, 0.05) is 51.1 Å². The second-order valence-corrected chi connectivity index (χ2v) is 7.73. The van der Waals surface area contributed by atoms with Gasteiger partial charge in [-0.1, -0.05) is 31.1 Å². The molecule has 2 N–H and O–H groups in total. The van der Waals surface area contributed by atoms with E-state index in [9.17, 15) is 0 Å². The van der Waals surface area contributed by atoms with Gasteiger partial charge in [0.05, 0.1) is 13.2 Å². The van der Waals surface area contributed by atoms with Crippen molar-refractivity contribution >= 4 is 29.9 Å². The van der Waals surface area contributed by atoms with Crippen LogP contribution in [0.4, 0.5) is 0 Å². The lowest BCUT2D eigenvalue weighted by Crippen LogP contribution is -2.37. The van der Waals surface area contributed by atoms with E-state index in [-0.39, 0.29) is 29.9 Å². The number of halogens is 1. The molecule has 2 rings (SSSR count). The van der Waals surface area contributed by atoms with Crippen molar-refractivity contribution in [2.45, 2.75) is 59.4 Å². The van der Waals surface area contributed by atoms with Crippen LogP contribution < -0.4 is 15.4 Å². The Hall–Kier alpha value is -1.88. The first-order valence-corrected chi connectivity index (χ1v) is 11.1. The number of hydrogen-bond donors (Lipinski definition) is 2. The van der Waals surface area contributed by atoms with Gasteiger partial charge in [-0.2, -0.15) is 4.98 Å². The summed E-state index contributed by atoms with van der Waals surface area (Å²) in [5.74, 6) is 3.38. The number of ether oxygens (including phenoxy) is 2. The second kappa shape index (κ2) is 15.8. The summed E-state index contributed by atoms with van der Waals surface area (Å²) in [7, 11) is 1.70. The average Bonchev–Trinajstić information content (AvgIpc) is 3.23.